The molecule has 34 heavy (non-hydrogen) atoms. The lowest BCUT2D eigenvalue weighted by atomic mass is 10.1. The molecule has 178 valence electrons. The second kappa shape index (κ2) is 7.39. The van der Waals surface area contributed by atoms with Crippen LogP contribution in [0.3, 0.4) is 0 Å². The fraction of sp³-hybridized carbons (Fsp3) is 0.458. The Bertz CT molecular complexity index is 1400. The highest BCUT2D eigenvalue weighted by Gasteiger charge is 2.54. The maximum absolute atomic E-state index is 14.6. The van der Waals surface area contributed by atoms with E-state index in [1.54, 1.807) is 34.4 Å². The summed E-state index contributed by atoms with van der Waals surface area (Å²) < 4.78 is 22.9. The van der Waals surface area contributed by atoms with Crippen LogP contribution >= 0.6 is 22.7 Å². The molecule has 1 spiro atoms. The van der Waals surface area contributed by atoms with Gasteiger partial charge in [0.1, 0.15) is 21.0 Å². The SMILES string of the molecule is Cn1cc2cc(-c3nc4sc(N5CCN(C(=O)OC(C)(C)C)C6(CC6)C5)cc4s3)cc(F)c2n1. The number of anilines is 1. The molecule has 1 amide bonds. The van der Waals surface area contributed by atoms with E-state index in [1.807, 2.05) is 37.9 Å². The second-order valence-electron chi connectivity index (χ2n) is 10.2. The topological polar surface area (TPSA) is 63.5 Å². The third-order valence-corrected chi connectivity index (χ3v) is 8.67. The first kappa shape index (κ1) is 21.8. The lowest BCUT2D eigenvalue weighted by molar-refractivity contribution is 0.0107. The van der Waals surface area contributed by atoms with E-state index >= 15 is 0 Å². The van der Waals surface area contributed by atoms with Crippen molar-refractivity contribution in [1.29, 1.82) is 0 Å². The molecule has 1 aromatic carbocycles. The fourth-order valence-corrected chi connectivity index (χ4v) is 6.90. The van der Waals surface area contributed by atoms with Crippen molar-refractivity contribution < 1.29 is 13.9 Å². The number of benzene rings is 1. The zero-order valence-electron chi connectivity index (χ0n) is 19.6. The van der Waals surface area contributed by atoms with Gasteiger partial charge in [0.25, 0.3) is 0 Å². The molecule has 4 heterocycles. The number of ether oxygens (including phenoxy) is 1. The van der Waals surface area contributed by atoms with Crippen molar-refractivity contribution in [1.82, 2.24) is 19.7 Å². The molecular formula is C24H26FN5O2S2. The predicted molar refractivity (Wildman–Crippen MR) is 134 cm³/mol. The molecule has 2 aliphatic rings. The monoisotopic (exact) mass is 499 g/mol. The first-order valence-electron chi connectivity index (χ1n) is 11.4. The van der Waals surface area contributed by atoms with E-state index in [2.05, 4.69) is 16.1 Å². The number of aryl methyl sites for hydroxylation is 1. The highest BCUT2D eigenvalue weighted by atomic mass is 32.1. The van der Waals surface area contributed by atoms with E-state index in [4.69, 9.17) is 9.72 Å². The lowest BCUT2D eigenvalue weighted by Gasteiger charge is -2.42. The summed E-state index contributed by atoms with van der Waals surface area (Å²) >= 11 is 3.24. The van der Waals surface area contributed by atoms with E-state index in [-0.39, 0.29) is 17.4 Å². The van der Waals surface area contributed by atoms with Gasteiger partial charge >= 0.3 is 6.09 Å². The van der Waals surface area contributed by atoms with Crippen LogP contribution in [0.1, 0.15) is 33.6 Å². The molecule has 0 unspecified atom stereocenters. The Morgan fingerprint density at radius 2 is 1.97 bits per heavy atom. The third-order valence-electron chi connectivity index (χ3n) is 6.40. The maximum atomic E-state index is 14.6. The number of hydrogen-bond acceptors (Lipinski definition) is 7. The Morgan fingerprint density at radius 1 is 1.18 bits per heavy atom. The van der Waals surface area contributed by atoms with Crippen LogP contribution in [-0.2, 0) is 11.8 Å². The quantitative estimate of drug-likeness (QED) is 0.357. The van der Waals surface area contributed by atoms with Gasteiger partial charge in [-0.1, -0.05) is 11.3 Å². The zero-order valence-corrected chi connectivity index (χ0v) is 21.2. The average Bonchev–Trinajstić information content (AvgIpc) is 3.08. The number of hydrogen-bond donors (Lipinski definition) is 0. The molecule has 0 atom stereocenters. The molecule has 1 aliphatic heterocycles. The van der Waals surface area contributed by atoms with Gasteiger partial charge in [-0.2, -0.15) is 5.10 Å². The Morgan fingerprint density at radius 3 is 2.68 bits per heavy atom. The minimum Gasteiger partial charge on any atom is -0.444 e. The normalized spacial score (nSPS) is 17.8. The molecule has 1 saturated carbocycles. The number of piperazine rings is 1. The highest BCUT2D eigenvalue weighted by molar-refractivity contribution is 7.30. The van der Waals surface area contributed by atoms with Gasteiger partial charge in [-0.3, -0.25) is 9.58 Å². The second-order valence-corrected chi connectivity index (χ2v) is 12.3. The summed E-state index contributed by atoms with van der Waals surface area (Å²) in [4.78, 5) is 22.8. The molecular weight excluding hydrogens is 473 g/mol. The molecule has 0 bridgehead atoms. The number of amides is 1. The molecule has 0 radical (unpaired) electrons. The first-order valence-corrected chi connectivity index (χ1v) is 13.0. The van der Waals surface area contributed by atoms with E-state index in [1.165, 1.54) is 11.1 Å². The highest BCUT2D eigenvalue weighted by Crippen LogP contribution is 2.47. The third kappa shape index (κ3) is 3.73. The lowest BCUT2D eigenvalue weighted by Crippen LogP contribution is -2.57. The number of rotatable bonds is 2. The Balaban J connectivity index is 1.23. The van der Waals surface area contributed by atoms with E-state index < -0.39 is 5.60 Å². The first-order chi connectivity index (χ1) is 16.1. The molecule has 7 nitrogen and oxygen atoms in total. The summed E-state index contributed by atoms with van der Waals surface area (Å²) in [7, 11) is 1.79. The van der Waals surface area contributed by atoms with Crippen LogP contribution in [0.2, 0.25) is 0 Å². The molecule has 4 aromatic rings. The Hall–Kier alpha value is -2.72. The van der Waals surface area contributed by atoms with Gasteiger partial charge in [0.15, 0.2) is 5.82 Å². The molecule has 10 heteroatoms. The van der Waals surface area contributed by atoms with Crippen molar-refractivity contribution >= 4 is 54.2 Å². The van der Waals surface area contributed by atoms with Crippen LogP contribution in [0.4, 0.5) is 14.2 Å². The van der Waals surface area contributed by atoms with E-state index in [9.17, 15) is 9.18 Å². The molecule has 2 fully saturated rings. The number of fused-ring (bicyclic) bond motifs is 2. The Labute approximate surface area is 204 Å². The largest absolute Gasteiger partial charge is 0.444 e. The van der Waals surface area contributed by atoms with E-state index in [0.29, 0.717) is 12.1 Å². The van der Waals surface area contributed by atoms with Gasteiger partial charge in [-0.25, -0.2) is 14.2 Å². The number of thiophene rings is 1. The number of carbonyl (C=O) groups is 1. The summed E-state index contributed by atoms with van der Waals surface area (Å²) in [6, 6.07) is 5.64. The minimum atomic E-state index is -0.490. The summed E-state index contributed by atoms with van der Waals surface area (Å²) in [5.41, 5.74) is 0.547. The maximum Gasteiger partial charge on any atom is 0.410 e. The number of halogens is 1. The van der Waals surface area contributed by atoms with Crippen molar-refractivity contribution in [2.24, 2.45) is 7.05 Å². The summed E-state index contributed by atoms with van der Waals surface area (Å²) in [6.07, 6.45) is 3.63. The van der Waals surface area contributed by atoms with Crippen molar-refractivity contribution in [2.45, 2.75) is 44.8 Å². The molecule has 1 saturated heterocycles. The molecule has 3 aromatic heterocycles. The van der Waals surface area contributed by atoms with Gasteiger partial charge in [0.2, 0.25) is 0 Å². The number of thiazole rings is 1. The van der Waals surface area contributed by atoms with Crippen molar-refractivity contribution in [3.05, 3.63) is 30.2 Å². The summed E-state index contributed by atoms with van der Waals surface area (Å²) in [5, 5.41) is 6.94. The average molecular weight is 500 g/mol. The van der Waals surface area contributed by atoms with E-state index in [0.717, 1.165) is 51.4 Å². The van der Waals surface area contributed by atoms with Gasteiger partial charge in [-0.05, 0) is 51.8 Å². The standard InChI is InChI=1S/C24H26FN5O2S2/c1-23(2,3)32-22(31)30-8-7-29(13-24(30)5-6-24)18-11-17-21(34-18)26-20(33-17)14-9-15-12-28(4)27-19(15)16(25)10-14/h9-12H,5-8,13H2,1-4H3. The fourth-order valence-electron chi connectivity index (χ4n) is 4.68. The van der Waals surface area contributed by atoms with Crippen molar-refractivity contribution in [2.75, 3.05) is 24.5 Å². The number of aromatic nitrogens is 3. The summed E-state index contributed by atoms with van der Waals surface area (Å²) in [5.74, 6) is -0.329. The van der Waals surface area contributed by atoms with Crippen LogP contribution in [0.25, 0.3) is 31.0 Å². The minimum absolute atomic E-state index is 0.118. The van der Waals surface area contributed by atoms with Gasteiger partial charge in [0, 0.05) is 43.8 Å². The van der Waals surface area contributed by atoms with Gasteiger partial charge < -0.3 is 9.64 Å². The van der Waals surface area contributed by atoms with Crippen LogP contribution in [0, 0.1) is 5.82 Å². The molecule has 1 aliphatic carbocycles. The summed E-state index contributed by atoms with van der Waals surface area (Å²) in [6.45, 7) is 7.96. The number of carbonyl (C=O) groups excluding carboxylic acids is 1. The zero-order chi connectivity index (χ0) is 23.8. The van der Waals surface area contributed by atoms with Crippen molar-refractivity contribution in [3.8, 4) is 10.6 Å². The number of nitrogens with zero attached hydrogens (tertiary/aromatic N) is 5. The molecule has 0 N–H and O–H groups in total. The van der Waals surface area contributed by atoms with Crippen LogP contribution < -0.4 is 4.90 Å². The van der Waals surface area contributed by atoms with Gasteiger partial charge in [0.05, 0.1) is 15.2 Å². The van der Waals surface area contributed by atoms with Crippen LogP contribution in [0.15, 0.2) is 24.4 Å². The Kier molecular flexibility index (Phi) is 4.73. The smallest absolute Gasteiger partial charge is 0.410 e. The molecule has 6 rings (SSSR count). The predicted octanol–water partition coefficient (Wildman–Crippen LogP) is 5.64. The van der Waals surface area contributed by atoms with Gasteiger partial charge in [-0.15, -0.1) is 11.3 Å². The van der Waals surface area contributed by atoms with Crippen molar-refractivity contribution in [3.63, 3.8) is 0 Å². The van der Waals surface area contributed by atoms with Crippen LogP contribution in [-0.4, -0.2) is 56.5 Å². The van der Waals surface area contributed by atoms with Crippen LogP contribution in [0.5, 0.6) is 0 Å².